The van der Waals surface area contributed by atoms with E-state index in [2.05, 4.69) is 5.32 Å². The second kappa shape index (κ2) is 7.17. The Hall–Kier alpha value is -1.51. The van der Waals surface area contributed by atoms with Gasteiger partial charge in [0.2, 0.25) is 0 Å². The number of hydrogen-bond acceptors (Lipinski definition) is 2. The quantitative estimate of drug-likeness (QED) is 0.845. The van der Waals surface area contributed by atoms with Crippen LogP contribution in [0.4, 0.5) is 0 Å². The Balaban J connectivity index is 1.76. The van der Waals surface area contributed by atoms with Gasteiger partial charge in [0.1, 0.15) is 5.75 Å². The zero-order chi connectivity index (χ0) is 13.5. The summed E-state index contributed by atoms with van der Waals surface area (Å²) in [6.45, 7) is 2.10. The third-order valence-corrected chi connectivity index (χ3v) is 3.67. The fourth-order valence-corrected chi connectivity index (χ4v) is 2.55. The minimum atomic E-state index is -0.00449. The Morgan fingerprint density at radius 1 is 1.21 bits per heavy atom. The van der Waals surface area contributed by atoms with Crippen LogP contribution in [0.3, 0.4) is 0 Å². The molecule has 0 bridgehead atoms. The summed E-state index contributed by atoms with van der Waals surface area (Å²) in [6.07, 6.45) is 7.26. The van der Waals surface area contributed by atoms with E-state index in [0.29, 0.717) is 6.04 Å². The van der Waals surface area contributed by atoms with E-state index in [1.807, 2.05) is 31.2 Å². The third kappa shape index (κ3) is 4.58. The van der Waals surface area contributed by atoms with Gasteiger partial charge in [-0.1, -0.05) is 43.9 Å². The van der Waals surface area contributed by atoms with Crippen LogP contribution in [0.15, 0.2) is 24.3 Å². The van der Waals surface area contributed by atoms with Gasteiger partial charge in [-0.25, -0.2) is 0 Å². The molecule has 0 aliphatic heterocycles. The van der Waals surface area contributed by atoms with Crippen LogP contribution in [0.2, 0.25) is 0 Å². The van der Waals surface area contributed by atoms with E-state index >= 15 is 0 Å². The van der Waals surface area contributed by atoms with E-state index in [0.717, 1.165) is 24.2 Å². The number of carbonyl (C=O) groups is 1. The summed E-state index contributed by atoms with van der Waals surface area (Å²) in [6, 6.07) is 8.11. The van der Waals surface area contributed by atoms with Crippen LogP contribution in [0.5, 0.6) is 5.75 Å². The molecular formula is C16H23NO2. The minimum absolute atomic E-state index is 0.00449. The van der Waals surface area contributed by atoms with Crippen molar-refractivity contribution in [3.8, 4) is 5.75 Å². The first-order valence-corrected chi connectivity index (χ1v) is 7.23. The predicted octanol–water partition coefficient (Wildman–Crippen LogP) is 3.21. The van der Waals surface area contributed by atoms with Crippen LogP contribution >= 0.6 is 0 Å². The Labute approximate surface area is 115 Å². The third-order valence-electron chi connectivity index (χ3n) is 3.67. The molecule has 19 heavy (non-hydrogen) atoms. The average Bonchev–Trinajstić information content (AvgIpc) is 2.66. The summed E-state index contributed by atoms with van der Waals surface area (Å²) in [5.41, 5.74) is 1.06. The summed E-state index contributed by atoms with van der Waals surface area (Å²) in [5, 5.41) is 3.08. The van der Waals surface area contributed by atoms with Crippen LogP contribution in [-0.2, 0) is 4.79 Å². The molecule has 0 atom stereocenters. The van der Waals surface area contributed by atoms with Gasteiger partial charge >= 0.3 is 0 Å². The fraction of sp³-hybridized carbons (Fsp3) is 0.562. The van der Waals surface area contributed by atoms with Gasteiger partial charge in [-0.05, 0) is 31.4 Å². The second-order valence-corrected chi connectivity index (χ2v) is 5.31. The maximum atomic E-state index is 11.9. The summed E-state index contributed by atoms with van der Waals surface area (Å²) in [7, 11) is 0. The van der Waals surface area contributed by atoms with E-state index in [-0.39, 0.29) is 12.5 Å². The summed E-state index contributed by atoms with van der Waals surface area (Å²) in [4.78, 5) is 11.9. The molecule has 0 unspecified atom stereocenters. The Bertz CT molecular complexity index is 409. The smallest absolute Gasteiger partial charge is 0.258 e. The number of para-hydroxylation sites is 1. The summed E-state index contributed by atoms with van der Waals surface area (Å²) >= 11 is 0. The molecule has 1 aliphatic rings. The molecule has 3 nitrogen and oxygen atoms in total. The van der Waals surface area contributed by atoms with Crippen molar-refractivity contribution in [2.24, 2.45) is 0 Å². The SMILES string of the molecule is Cc1ccccc1OCC(=O)NC1CCCCCC1. The van der Waals surface area contributed by atoms with Gasteiger partial charge in [0.25, 0.3) is 5.91 Å². The first-order chi connectivity index (χ1) is 9.25. The van der Waals surface area contributed by atoms with Gasteiger partial charge in [0, 0.05) is 6.04 Å². The molecule has 1 aliphatic carbocycles. The molecule has 1 N–H and O–H groups in total. The van der Waals surface area contributed by atoms with E-state index in [9.17, 15) is 4.79 Å². The first kappa shape index (κ1) is 13.9. The molecule has 1 aromatic carbocycles. The number of rotatable bonds is 4. The molecule has 0 saturated heterocycles. The van der Waals surface area contributed by atoms with Gasteiger partial charge < -0.3 is 10.1 Å². The summed E-state index contributed by atoms with van der Waals surface area (Å²) in [5.74, 6) is 0.786. The number of benzene rings is 1. The van der Waals surface area contributed by atoms with Gasteiger partial charge in [0.05, 0.1) is 0 Å². The van der Waals surface area contributed by atoms with Crippen molar-refractivity contribution in [3.05, 3.63) is 29.8 Å². The van der Waals surface area contributed by atoms with Crippen molar-refractivity contribution in [1.82, 2.24) is 5.32 Å². The van der Waals surface area contributed by atoms with Gasteiger partial charge in [-0.15, -0.1) is 0 Å². The molecular weight excluding hydrogens is 238 g/mol. The number of carbonyl (C=O) groups excluding carboxylic acids is 1. The van der Waals surface area contributed by atoms with Crippen LogP contribution < -0.4 is 10.1 Å². The molecule has 104 valence electrons. The molecule has 0 heterocycles. The van der Waals surface area contributed by atoms with Crippen LogP contribution in [0.25, 0.3) is 0 Å². The van der Waals surface area contributed by atoms with Crippen molar-refractivity contribution in [3.63, 3.8) is 0 Å². The number of amides is 1. The van der Waals surface area contributed by atoms with Crippen molar-refractivity contribution >= 4 is 5.91 Å². The largest absolute Gasteiger partial charge is 0.484 e. The highest BCUT2D eigenvalue weighted by Gasteiger charge is 2.14. The molecule has 0 aromatic heterocycles. The van der Waals surface area contributed by atoms with E-state index < -0.39 is 0 Å². The second-order valence-electron chi connectivity index (χ2n) is 5.31. The standard InChI is InChI=1S/C16H23NO2/c1-13-8-6-7-11-15(13)19-12-16(18)17-14-9-4-2-3-5-10-14/h6-8,11,14H,2-5,9-10,12H2,1H3,(H,17,18). The molecule has 2 rings (SSSR count). The lowest BCUT2D eigenvalue weighted by molar-refractivity contribution is -0.123. The average molecular weight is 261 g/mol. The fourth-order valence-electron chi connectivity index (χ4n) is 2.55. The normalized spacial score (nSPS) is 16.7. The monoisotopic (exact) mass is 261 g/mol. The molecule has 0 radical (unpaired) electrons. The number of nitrogens with one attached hydrogen (secondary N) is 1. The van der Waals surface area contributed by atoms with E-state index in [4.69, 9.17) is 4.74 Å². The lowest BCUT2D eigenvalue weighted by Gasteiger charge is -2.16. The predicted molar refractivity (Wildman–Crippen MR) is 76.3 cm³/mol. The summed E-state index contributed by atoms with van der Waals surface area (Å²) < 4.78 is 5.56. The molecule has 1 amide bonds. The van der Waals surface area contributed by atoms with E-state index in [1.54, 1.807) is 0 Å². The van der Waals surface area contributed by atoms with Crippen LogP contribution in [0.1, 0.15) is 44.1 Å². The zero-order valence-corrected chi connectivity index (χ0v) is 11.7. The lowest BCUT2D eigenvalue weighted by Crippen LogP contribution is -2.37. The highest BCUT2D eigenvalue weighted by atomic mass is 16.5. The van der Waals surface area contributed by atoms with E-state index in [1.165, 1.54) is 25.7 Å². The first-order valence-electron chi connectivity index (χ1n) is 7.23. The minimum Gasteiger partial charge on any atom is -0.484 e. The maximum absolute atomic E-state index is 11.9. The van der Waals surface area contributed by atoms with Crippen LogP contribution in [-0.4, -0.2) is 18.6 Å². The van der Waals surface area contributed by atoms with Gasteiger partial charge in [-0.3, -0.25) is 4.79 Å². The number of hydrogen-bond donors (Lipinski definition) is 1. The molecule has 0 spiro atoms. The maximum Gasteiger partial charge on any atom is 0.258 e. The van der Waals surface area contributed by atoms with Crippen LogP contribution in [0, 0.1) is 6.92 Å². The van der Waals surface area contributed by atoms with Crippen molar-refractivity contribution in [2.75, 3.05) is 6.61 Å². The topological polar surface area (TPSA) is 38.3 Å². The van der Waals surface area contributed by atoms with Gasteiger partial charge in [-0.2, -0.15) is 0 Å². The highest BCUT2D eigenvalue weighted by molar-refractivity contribution is 5.77. The van der Waals surface area contributed by atoms with Crippen molar-refractivity contribution in [2.45, 2.75) is 51.5 Å². The molecule has 3 heteroatoms. The number of ether oxygens (including phenoxy) is 1. The Morgan fingerprint density at radius 3 is 2.58 bits per heavy atom. The number of aryl methyl sites for hydroxylation is 1. The lowest BCUT2D eigenvalue weighted by atomic mass is 10.1. The molecule has 1 saturated carbocycles. The zero-order valence-electron chi connectivity index (χ0n) is 11.7. The Morgan fingerprint density at radius 2 is 1.89 bits per heavy atom. The van der Waals surface area contributed by atoms with Gasteiger partial charge in [0.15, 0.2) is 6.61 Å². The van der Waals surface area contributed by atoms with Crippen molar-refractivity contribution in [1.29, 1.82) is 0 Å². The van der Waals surface area contributed by atoms with Crippen molar-refractivity contribution < 1.29 is 9.53 Å². The Kier molecular flexibility index (Phi) is 5.25. The molecule has 1 fully saturated rings. The molecule has 1 aromatic rings. The highest BCUT2D eigenvalue weighted by Crippen LogP contribution is 2.18.